The molecule has 4 rings (SSSR count). The molecule has 0 radical (unpaired) electrons. The Morgan fingerprint density at radius 2 is 1.83 bits per heavy atom. The molecule has 0 saturated carbocycles. The van der Waals surface area contributed by atoms with Crippen LogP contribution in [0.4, 0.5) is 0 Å². The van der Waals surface area contributed by atoms with Gasteiger partial charge in [-0.15, -0.1) is 0 Å². The van der Waals surface area contributed by atoms with Gasteiger partial charge in [0.25, 0.3) is 11.7 Å². The van der Waals surface area contributed by atoms with Crippen molar-refractivity contribution in [1.29, 1.82) is 0 Å². The van der Waals surface area contributed by atoms with Gasteiger partial charge in [0.15, 0.2) is 0 Å². The van der Waals surface area contributed by atoms with E-state index in [1.54, 1.807) is 61.6 Å². The Bertz CT molecular complexity index is 1150. The van der Waals surface area contributed by atoms with Crippen molar-refractivity contribution >= 4 is 17.4 Å². The number of hydrogen-bond donors (Lipinski definition) is 1. The molecule has 0 bridgehead atoms. The number of Topliss-reactive ketones (excluding diaryl/α,β-unsaturated/α-hetero) is 1. The van der Waals surface area contributed by atoms with E-state index in [9.17, 15) is 14.7 Å². The van der Waals surface area contributed by atoms with Crippen molar-refractivity contribution in [1.82, 2.24) is 24.6 Å². The molecule has 1 fully saturated rings. The van der Waals surface area contributed by atoms with Crippen LogP contribution in [-0.4, -0.2) is 41.4 Å². The van der Waals surface area contributed by atoms with Crippen LogP contribution in [0.25, 0.3) is 5.76 Å². The predicted molar refractivity (Wildman–Crippen MR) is 109 cm³/mol. The van der Waals surface area contributed by atoms with Crippen LogP contribution in [-0.2, 0) is 23.2 Å². The molecule has 3 aromatic rings. The number of aryl methyl sites for hydroxylation is 2. The molecule has 1 unspecified atom stereocenters. The van der Waals surface area contributed by atoms with E-state index in [1.807, 2.05) is 13.0 Å². The second kappa shape index (κ2) is 7.55. The van der Waals surface area contributed by atoms with Crippen molar-refractivity contribution in [2.45, 2.75) is 26.4 Å². The van der Waals surface area contributed by atoms with Gasteiger partial charge in [-0.1, -0.05) is 6.07 Å². The van der Waals surface area contributed by atoms with E-state index in [-0.39, 0.29) is 17.9 Å². The molecule has 0 aliphatic carbocycles. The number of hydrogen-bond acceptors (Lipinski definition) is 6. The number of aliphatic hydroxyl groups excluding tert-OH is 1. The fraction of sp³-hybridized carbons (Fsp3) is 0.227. The summed E-state index contributed by atoms with van der Waals surface area (Å²) in [5, 5.41) is 15.5. The minimum absolute atomic E-state index is 0.0503. The van der Waals surface area contributed by atoms with Crippen LogP contribution in [0.5, 0.6) is 0 Å². The molecular weight excluding hydrogens is 382 g/mol. The number of amides is 1. The van der Waals surface area contributed by atoms with Gasteiger partial charge in [-0.25, -0.2) is 0 Å². The first-order valence-electron chi connectivity index (χ1n) is 9.48. The topological polar surface area (TPSA) is 101 Å². The van der Waals surface area contributed by atoms with Crippen LogP contribution in [0.15, 0.2) is 54.6 Å². The molecule has 3 aromatic heterocycles. The second-order valence-electron chi connectivity index (χ2n) is 7.24. The van der Waals surface area contributed by atoms with Gasteiger partial charge in [0.2, 0.25) is 0 Å². The molecule has 0 spiro atoms. The summed E-state index contributed by atoms with van der Waals surface area (Å²) >= 11 is 0. The quantitative estimate of drug-likeness (QED) is 0.408. The molecule has 1 amide bonds. The highest BCUT2D eigenvalue weighted by atomic mass is 16.3. The molecule has 30 heavy (non-hydrogen) atoms. The SMILES string of the molecule is Cc1nn(C)c(C)c1C(O)=C1C(=O)C(=O)N(Cc2cccnc2)C1c1ccncc1. The van der Waals surface area contributed by atoms with Crippen LogP contribution in [0, 0.1) is 13.8 Å². The van der Waals surface area contributed by atoms with Crippen LogP contribution in [0.3, 0.4) is 0 Å². The Labute approximate surface area is 173 Å². The van der Waals surface area contributed by atoms with Gasteiger partial charge < -0.3 is 10.0 Å². The van der Waals surface area contributed by atoms with Crippen molar-refractivity contribution in [2.24, 2.45) is 7.05 Å². The standard InChI is InChI=1S/C22H21N5O3/c1-13-17(14(2)26(3)25-13)20(28)18-19(16-6-9-23-10-7-16)27(22(30)21(18)29)12-15-5-4-8-24-11-15/h4-11,19,28H,12H2,1-3H3. The summed E-state index contributed by atoms with van der Waals surface area (Å²) in [5.41, 5.74) is 3.28. The molecule has 8 heteroatoms. The van der Waals surface area contributed by atoms with E-state index < -0.39 is 17.7 Å². The minimum Gasteiger partial charge on any atom is -0.507 e. The predicted octanol–water partition coefficient (Wildman–Crippen LogP) is 2.45. The summed E-state index contributed by atoms with van der Waals surface area (Å²) in [6.45, 7) is 3.75. The van der Waals surface area contributed by atoms with Crippen LogP contribution >= 0.6 is 0 Å². The number of carbonyl (C=O) groups excluding carboxylic acids is 2. The van der Waals surface area contributed by atoms with Crippen molar-refractivity contribution in [3.05, 3.63) is 82.7 Å². The highest BCUT2D eigenvalue weighted by Gasteiger charge is 2.46. The van der Waals surface area contributed by atoms with E-state index in [2.05, 4.69) is 15.1 Å². The van der Waals surface area contributed by atoms with E-state index >= 15 is 0 Å². The first kappa shape index (κ1) is 19.5. The Kier molecular flexibility index (Phi) is 4.91. The van der Waals surface area contributed by atoms with E-state index in [4.69, 9.17) is 0 Å². The smallest absolute Gasteiger partial charge is 0.295 e. The Hall–Kier alpha value is -3.81. The monoisotopic (exact) mass is 403 g/mol. The number of carbonyl (C=O) groups is 2. The summed E-state index contributed by atoms with van der Waals surface area (Å²) in [6, 6.07) is 6.35. The maximum Gasteiger partial charge on any atom is 0.295 e. The van der Waals surface area contributed by atoms with Crippen LogP contribution in [0.1, 0.15) is 34.1 Å². The summed E-state index contributed by atoms with van der Waals surface area (Å²) < 4.78 is 1.64. The molecular formula is C22H21N5O3. The van der Waals surface area contributed by atoms with Gasteiger partial charge in [-0.2, -0.15) is 5.10 Å². The van der Waals surface area contributed by atoms with E-state index in [0.29, 0.717) is 22.5 Å². The van der Waals surface area contributed by atoms with Crippen molar-refractivity contribution < 1.29 is 14.7 Å². The van der Waals surface area contributed by atoms with E-state index in [0.717, 1.165) is 5.56 Å². The lowest BCUT2D eigenvalue weighted by Crippen LogP contribution is -2.29. The summed E-state index contributed by atoms with van der Waals surface area (Å²) in [5.74, 6) is -1.60. The van der Waals surface area contributed by atoms with Gasteiger partial charge in [0.05, 0.1) is 22.9 Å². The number of pyridine rings is 2. The average molecular weight is 403 g/mol. The molecule has 1 atom stereocenters. The third-order valence-corrected chi connectivity index (χ3v) is 5.38. The first-order chi connectivity index (χ1) is 14.4. The summed E-state index contributed by atoms with van der Waals surface area (Å²) in [6.07, 6.45) is 6.49. The maximum absolute atomic E-state index is 13.1. The number of aliphatic hydroxyl groups is 1. The van der Waals surface area contributed by atoms with Gasteiger partial charge in [0.1, 0.15) is 5.76 Å². The van der Waals surface area contributed by atoms with Crippen molar-refractivity contribution in [3.8, 4) is 0 Å². The number of aromatic nitrogens is 4. The van der Waals surface area contributed by atoms with Crippen molar-refractivity contribution in [2.75, 3.05) is 0 Å². The number of ketones is 1. The van der Waals surface area contributed by atoms with Gasteiger partial charge >= 0.3 is 0 Å². The normalized spacial score (nSPS) is 18.2. The Balaban J connectivity index is 1.90. The third-order valence-electron chi connectivity index (χ3n) is 5.38. The summed E-state index contributed by atoms with van der Waals surface area (Å²) in [4.78, 5) is 35.6. The molecule has 152 valence electrons. The highest BCUT2D eigenvalue weighted by molar-refractivity contribution is 6.46. The van der Waals surface area contributed by atoms with Crippen LogP contribution < -0.4 is 0 Å². The number of nitrogens with zero attached hydrogens (tertiary/aromatic N) is 5. The fourth-order valence-electron chi connectivity index (χ4n) is 3.87. The first-order valence-corrected chi connectivity index (χ1v) is 9.48. The zero-order valence-electron chi connectivity index (χ0n) is 16.9. The van der Waals surface area contributed by atoms with Gasteiger partial charge in [-0.05, 0) is 43.2 Å². The zero-order chi connectivity index (χ0) is 21.4. The molecule has 8 nitrogen and oxygen atoms in total. The molecule has 0 aromatic carbocycles. The third kappa shape index (κ3) is 3.16. The lowest BCUT2D eigenvalue weighted by atomic mass is 9.95. The lowest BCUT2D eigenvalue weighted by molar-refractivity contribution is -0.140. The average Bonchev–Trinajstić information content (AvgIpc) is 3.15. The second-order valence-corrected chi connectivity index (χ2v) is 7.24. The van der Waals surface area contributed by atoms with Gasteiger partial charge in [-0.3, -0.25) is 24.2 Å². The summed E-state index contributed by atoms with van der Waals surface area (Å²) in [7, 11) is 1.76. The molecule has 1 N–H and O–H groups in total. The Morgan fingerprint density at radius 3 is 2.43 bits per heavy atom. The maximum atomic E-state index is 13.1. The molecule has 1 aliphatic heterocycles. The minimum atomic E-state index is -0.743. The fourth-order valence-corrected chi connectivity index (χ4v) is 3.87. The molecule has 1 saturated heterocycles. The lowest BCUT2D eigenvalue weighted by Gasteiger charge is -2.25. The molecule has 1 aliphatic rings. The molecule has 4 heterocycles. The largest absolute Gasteiger partial charge is 0.507 e. The van der Waals surface area contributed by atoms with Crippen molar-refractivity contribution in [3.63, 3.8) is 0 Å². The highest BCUT2D eigenvalue weighted by Crippen LogP contribution is 2.40. The number of rotatable bonds is 4. The number of likely N-dealkylation sites (tertiary alicyclic amines) is 1. The van der Waals surface area contributed by atoms with Gasteiger partial charge in [0, 0.05) is 44.1 Å². The zero-order valence-corrected chi connectivity index (χ0v) is 16.9. The Morgan fingerprint density at radius 1 is 1.10 bits per heavy atom. The van der Waals surface area contributed by atoms with Crippen LogP contribution in [0.2, 0.25) is 0 Å². The van der Waals surface area contributed by atoms with E-state index in [1.165, 1.54) is 4.90 Å².